The van der Waals surface area contributed by atoms with Crippen LogP contribution in [0.1, 0.15) is 57.6 Å². The van der Waals surface area contributed by atoms with Crippen molar-refractivity contribution in [3.63, 3.8) is 0 Å². The van der Waals surface area contributed by atoms with Crippen LogP contribution in [0.15, 0.2) is 24.3 Å². The van der Waals surface area contributed by atoms with Crippen LogP contribution in [0.25, 0.3) is 0 Å². The Morgan fingerprint density at radius 3 is 2.33 bits per heavy atom. The molecule has 2 atom stereocenters. The topological polar surface area (TPSA) is 15.3 Å². The lowest BCUT2D eigenvalue weighted by Crippen LogP contribution is -2.38. The molecule has 1 fully saturated rings. The predicted molar refractivity (Wildman–Crippen MR) is 91.3 cm³/mol. The van der Waals surface area contributed by atoms with Crippen LogP contribution in [0.4, 0.5) is 0 Å². The first kappa shape index (κ1) is 16.5. The predicted octanol–water partition coefficient (Wildman–Crippen LogP) is 4.20. The minimum absolute atomic E-state index is 0.545. The minimum atomic E-state index is 0.545. The molecule has 0 bridgehead atoms. The molecule has 1 aliphatic rings. The highest BCUT2D eigenvalue weighted by molar-refractivity contribution is 5.22. The molecule has 0 amide bonds. The molecular weight excluding hydrogens is 256 g/mol. The summed E-state index contributed by atoms with van der Waals surface area (Å²) in [6.07, 6.45) is 5.59. The van der Waals surface area contributed by atoms with Crippen molar-refractivity contribution in [1.29, 1.82) is 0 Å². The van der Waals surface area contributed by atoms with Crippen molar-refractivity contribution in [3.05, 3.63) is 35.4 Å². The van der Waals surface area contributed by atoms with Crippen molar-refractivity contribution in [2.24, 2.45) is 5.92 Å². The standard InChI is InChI=1S/C19H32N2/c1-15(2)20-13-17-9-11-18(12-10-17)14-21(4)19-8-6-5-7-16(19)3/h9-12,15-16,19-20H,5-8,13-14H2,1-4H3. The summed E-state index contributed by atoms with van der Waals surface area (Å²) in [5.41, 5.74) is 2.81. The summed E-state index contributed by atoms with van der Waals surface area (Å²) in [4.78, 5) is 2.56. The summed E-state index contributed by atoms with van der Waals surface area (Å²) >= 11 is 0. The third kappa shape index (κ3) is 5.12. The molecule has 0 heterocycles. The maximum Gasteiger partial charge on any atom is 0.0233 e. The first-order valence-corrected chi connectivity index (χ1v) is 8.57. The monoisotopic (exact) mass is 288 g/mol. The molecule has 1 aliphatic carbocycles. The van der Waals surface area contributed by atoms with Gasteiger partial charge in [0.05, 0.1) is 0 Å². The van der Waals surface area contributed by atoms with Crippen LogP contribution in [0.3, 0.4) is 0 Å². The largest absolute Gasteiger partial charge is 0.310 e. The molecule has 0 spiro atoms. The van der Waals surface area contributed by atoms with Gasteiger partial charge in [0.2, 0.25) is 0 Å². The normalized spacial score (nSPS) is 23.0. The molecular formula is C19H32N2. The number of benzene rings is 1. The van der Waals surface area contributed by atoms with Crippen LogP contribution in [0.5, 0.6) is 0 Å². The fourth-order valence-electron chi connectivity index (χ4n) is 3.44. The van der Waals surface area contributed by atoms with Crippen LogP contribution in [0.2, 0.25) is 0 Å². The van der Waals surface area contributed by atoms with Crippen molar-refractivity contribution in [2.75, 3.05) is 7.05 Å². The highest BCUT2D eigenvalue weighted by Crippen LogP contribution is 2.28. The summed E-state index contributed by atoms with van der Waals surface area (Å²) in [6, 6.07) is 10.4. The van der Waals surface area contributed by atoms with Crippen LogP contribution in [-0.2, 0) is 13.1 Å². The minimum Gasteiger partial charge on any atom is -0.310 e. The zero-order chi connectivity index (χ0) is 15.2. The molecule has 118 valence electrons. The number of rotatable bonds is 6. The highest BCUT2D eigenvalue weighted by Gasteiger charge is 2.24. The maximum absolute atomic E-state index is 3.47. The molecule has 1 aromatic rings. The van der Waals surface area contributed by atoms with E-state index in [4.69, 9.17) is 0 Å². The van der Waals surface area contributed by atoms with Gasteiger partial charge in [0.15, 0.2) is 0 Å². The lowest BCUT2D eigenvalue weighted by molar-refractivity contribution is 0.133. The Morgan fingerprint density at radius 2 is 1.71 bits per heavy atom. The zero-order valence-corrected chi connectivity index (χ0v) is 14.2. The Hall–Kier alpha value is -0.860. The van der Waals surface area contributed by atoms with Gasteiger partial charge in [-0.25, -0.2) is 0 Å². The van der Waals surface area contributed by atoms with E-state index in [9.17, 15) is 0 Å². The van der Waals surface area contributed by atoms with Crippen molar-refractivity contribution in [2.45, 2.75) is 71.6 Å². The van der Waals surface area contributed by atoms with Crippen molar-refractivity contribution < 1.29 is 0 Å². The van der Waals surface area contributed by atoms with E-state index in [2.05, 4.69) is 62.3 Å². The Balaban J connectivity index is 1.87. The molecule has 0 aromatic heterocycles. The van der Waals surface area contributed by atoms with Crippen molar-refractivity contribution in [1.82, 2.24) is 10.2 Å². The van der Waals surface area contributed by atoms with E-state index >= 15 is 0 Å². The fourth-order valence-corrected chi connectivity index (χ4v) is 3.44. The number of hydrogen-bond acceptors (Lipinski definition) is 2. The third-order valence-electron chi connectivity index (χ3n) is 4.80. The number of nitrogens with one attached hydrogen (secondary N) is 1. The van der Waals surface area contributed by atoms with Gasteiger partial charge in [-0.3, -0.25) is 4.90 Å². The summed E-state index contributed by atoms with van der Waals surface area (Å²) in [6.45, 7) is 8.84. The molecule has 2 heteroatoms. The Kier molecular flexibility index (Phi) is 6.25. The van der Waals surface area contributed by atoms with Gasteiger partial charge in [-0.15, -0.1) is 0 Å². The van der Waals surface area contributed by atoms with E-state index < -0.39 is 0 Å². The van der Waals surface area contributed by atoms with Crippen LogP contribution >= 0.6 is 0 Å². The van der Waals surface area contributed by atoms with Crippen molar-refractivity contribution >= 4 is 0 Å². The molecule has 0 radical (unpaired) electrons. The molecule has 1 aromatic carbocycles. The SMILES string of the molecule is CC(C)NCc1ccc(CN(C)C2CCCCC2C)cc1. The second-order valence-corrected chi connectivity index (χ2v) is 7.10. The summed E-state index contributed by atoms with van der Waals surface area (Å²) in [5, 5.41) is 3.47. The second kappa shape index (κ2) is 7.95. The van der Waals surface area contributed by atoms with Gasteiger partial charge < -0.3 is 5.32 Å². The lowest BCUT2D eigenvalue weighted by Gasteiger charge is -2.36. The van der Waals surface area contributed by atoms with Crippen molar-refractivity contribution in [3.8, 4) is 0 Å². The Labute approximate surface area is 130 Å². The fraction of sp³-hybridized carbons (Fsp3) is 0.684. The Bertz CT molecular complexity index is 410. The van der Waals surface area contributed by atoms with Gasteiger partial charge in [0.25, 0.3) is 0 Å². The smallest absolute Gasteiger partial charge is 0.0233 e. The molecule has 21 heavy (non-hydrogen) atoms. The van der Waals surface area contributed by atoms with Gasteiger partial charge in [0, 0.05) is 25.2 Å². The van der Waals surface area contributed by atoms with Gasteiger partial charge in [-0.1, -0.05) is 57.9 Å². The van der Waals surface area contributed by atoms with Gasteiger partial charge in [-0.2, -0.15) is 0 Å². The van der Waals surface area contributed by atoms with E-state index in [1.165, 1.54) is 36.8 Å². The van der Waals surface area contributed by atoms with E-state index in [1.54, 1.807) is 0 Å². The van der Waals surface area contributed by atoms with Crippen LogP contribution < -0.4 is 5.32 Å². The van der Waals surface area contributed by atoms with Gasteiger partial charge in [-0.05, 0) is 36.9 Å². The first-order chi connectivity index (χ1) is 10.1. The van der Waals surface area contributed by atoms with E-state index in [0.717, 1.165) is 25.0 Å². The molecule has 0 aliphatic heterocycles. The summed E-state index contributed by atoms with van der Waals surface area (Å²) in [5.74, 6) is 0.846. The average molecular weight is 288 g/mol. The average Bonchev–Trinajstić information content (AvgIpc) is 2.47. The van der Waals surface area contributed by atoms with Crippen LogP contribution in [0, 0.1) is 5.92 Å². The molecule has 0 saturated heterocycles. The molecule has 1 saturated carbocycles. The van der Waals surface area contributed by atoms with E-state index in [0.29, 0.717) is 6.04 Å². The zero-order valence-electron chi connectivity index (χ0n) is 14.2. The number of nitrogens with zero attached hydrogens (tertiary/aromatic N) is 1. The third-order valence-corrected chi connectivity index (χ3v) is 4.80. The maximum atomic E-state index is 3.47. The molecule has 2 unspecified atom stereocenters. The van der Waals surface area contributed by atoms with E-state index in [1.807, 2.05) is 0 Å². The first-order valence-electron chi connectivity index (χ1n) is 8.57. The highest BCUT2D eigenvalue weighted by atomic mass is 15.1. The van der Waals surface area contributed by atoms with E-state index in [-0.39, 0.29) is 0 Å². The second-order valence-electron chi connectivity index (χ2n) is 7.10. The molecule has 1 N–H and O–H groups in total. The van der Waals surface area contributed by atoms with Gasteiger partial charge in [0.1, 0.15) is 0 Å². The Morgan fingerprint density at radius 1 is 1.10 bits per heavy atom. The molecule has 2 nitrogen and oxygen atoms in total. The van der Waals surface area contributed by atoms with Gasteiger partial charge >= 0.3 is 0 Å². The lowest BCUT2D eigenvalue weighted by atomic mass is 9.85. The quantitative estimate of drug-likeness (QED) is 0.844. The summed E-state index contributed by atoms with van der Waals surface area (Å²) < 4.78 is 0. The number of hydrogen-bond donors (Lipinski definition) is 1. The molecule has 2 rings (SSSR count). The van der Waals surface area contributed by atoms with Crippen LogP contribution in [-0.4, -0.2) is 24.0 Å². The summed E-state index contributed by atoms with van der Waals surface area (Å²) in [7, 11) is 2.29.